The second kappa shape index (κ2) is 5.02. The van der Waals surface area contributed by atoms with Crippen molar-refractivity contribution in [2.24, 2.45) is 11.7 Å². The van der Waals surface area contributed by atoms with Crippen LogP contribution in [0.2, 0.25) is 5.02 Å². The number of hydrogen-bond donors (Lipinski definition) is 1. The quantitative estimate of drug-likeness (QED) is 0.840. The second-order valence-electron chi connectivity index (χ2n) is 4.12. The number of ether oxygens (including phenoxy) is 1. The molecule has 0 unspecified atom stereocenters. The van der Waals surface area contributed by atoms with Crippen LogP contribution in [0.1, 0.15) is 24.8 Å². The molecule has 16 heavy (non-hydrogen) atoms. The van der Waals surface area contributed by atoms with Gasteiger partial charge in [-0.1, -0.05) is 30.2 Å². The summed E-state index contributed by atoms with van der Waals surface area (Å²) in [5, 5.41) is 0.574. The first-order chi connectivity index (χ1) is 7.66. The minimum absolute atomic E-state index is 0.354. The zero-order valence-electron chi connectivity index (χ0n) is 8.91. The summed E-state index contributed by atoms with van der Waals surface area (Å²) in [6.45, 7) is 0.756. The summed E-state index contributed by atoms with van der Waals surface area (Å²) >= 11 is 11.0. The van der Waals surface area contributed by atoms with E-state index in [9.17, 15) is 0 Å². The Balaban J connectivity index is 2.00. The molecule has 0 spiro atoms. The summed E-state index contributed by atoms with van der Waals surface area (Å²) in [4.78, 5) is 0.354. The average molecular weight is 256 g/mol. The Bertz CT molecular complexity index is 404. The van der Waals surface area contributed by atoms with Gasteiger partial charge in [-0.15, -0.1) is 0 Å². The van der Waals surface area contributed by atoms with Crippen molar-refractivity contribution in [3.8, 4) is 5.75 Å². The number of hydrogen-bond acceptors (Lipinski definition) is 2. The summed E-state index contributed by atoms with van der Waals surface area (Å²) in [5.41, 5.74) is 6.29. The summed E-state index contributed by atoms with van der Waals surface area (Å²) in [5.74, 6) is 1.42. The van der Waals surface area contributed by atoms with Crippen molar-refractivity contribution in [1.29, 1.82) is 0 Å². The highest BCUT2D eigenvalue weighted by Gasteiger charge is 2.18. The second-order valence-corrected chi connectivity index (χ2v) is 4.96. The molecule has 0 heterocycles. The lowest BCUT2D eigenvalue weighted by atomic mass is 9.86. The minimum Gasteiger partial charge on any atom is -0.492 e. The van der Waals surface area contributed by atoms with Crippen LogP contribution in [0.4, 0.5) is 0 Å². The summed E-state index contributed by atoms with van der Waals surface area (Å²) in [6, 6.07) is 5.42. The molecule has 0 radical (unpaired) electrons. The van der Waals surface area contributed by atoms with Crippen LogP contribution in [0.15, 0.2) is 18.2 Å². The first kappa shape index (κ1) is 11.7. The van der Waals surface area contributed by atoms with Crippen molar-refractivity contribution >= 4 is 28.8 Å². The number of rotatable bonds is 4. The number of nitrogens with two attached hydrogens (primary N) is 1. The molecule has 0 aliphatic heterocycles. The Hall–Kier alpha value is -0.800. The number of benzene rings is 1. The summed E-state index contributed by atoms with van der Waals surface area (Å²) in [7, 11) is 0. The summed E-state index contributed by atoms with van der Waals surface area (Å²) in [6.07, 6.45) is 3.85. The molecule has 1 aromatic carbocycles. The van der Waals surface area contributed by atoms with Gasteiger partial charge in [0.25, 0.3) is 0 Å². The van der Waals surface area contributed by atoms with Gasteiger partial charge < -0.3 is 10.5 Å². The molecule has 1 fully saturated rings. The van der Waals surface area contributed by atoms with Crippen molar-refractivity contribution in [2.75, 3.05) is 6.61 Å². The molecule has 0 atom stereocenters. The van der Waals surface area contributed by atoms with Gasteiger partial charge in [-0.2, -0.15) is 0 Å². The van der Waals surface area contributed by atoms with E-state index in [1.165, 1.54) is 19.3 Å². The molecule has 0 aromatic heterocycles. The van der Waals surface area contributed by atoms with Crippen LogP contribution in [-0.4, -0.2) is 11.6 Å². The molecule has 2 N–H and O–H groups in total. The van der Waals surface area contributed by atoms with Crippen LogP contribution in [0.5, 0.6) is 5.75 Å². The van der Waals surface area contributed by atoms with Crippen LogP contribution in [0, 0.1) is 5.92 Å². The third-order valence-electron chi connectivity index (χ3n) is 2.92. The Kier molecular flexibility index (Phi) is 3.66. The van der Waals surface area contributed by atoms with Gasteiger partial charge in [0.1, 0.15) is 10.7 Å². The first-order valence-corrected chi connectivity index (χ1v) is 6.17. The fraction of sp³-hybridized carbons (Fsp3) is 0.417. The van der Waals surface area contributed by atoms with E-state index in [-0.39, 0.29) is 0 Å². The highest BCUT2D eigenvalue weighted by molar-refractivity contribution is 7.80. The van der Waals surface area contributed by atoms with Gasteiger partial charge in [-0.3, -0.25) is 0 Å². The van der Waals surface area contributed by atoms with Gasteiger partial charge in [-0.05, 0) is 37.0 Å². The average Bonchev–Trinajstić information content (AvgIpc) is 2.17. The van der Waals surface area contributed by atoms with Gasteiger partial charge >= 0.3 is 0 Å². The smallest absolute Gasteiger partial charge is 0.137 e. The molecule has 1 saturated carbocycles. The van der Waals surface area contributed by atoms with Crippen molar-refractivity contribution in [1.82, 2.24) is 0 Å². The molecule has 1 aromatic rings. The van der Waals surface area contributed by atoms with Gasteiger partial charge in [0.2, 0.25) is 0 Å². The molecule has 2 rings (SSSR count). The molecule has 1 aliphatic rings. The Morgan fingerprint density at radius 1 is 1.50 bits per heavy atom. The third kappa shape index (κ3) is 2.66. The maximum absolute atomic E-state index is 6.08. The first-order valence-electron chi connectivity index (χ1n) is 5.39. The fourth-order valence-electron chi connectivity index (χ4n) is 1.64. The summed E-state index contributed by atoms with van der Waals surface area (Å²) < 4.78 is 5.66. The Morgan fingerprint density at radius 2 is 2.25 bits per heavy atom. The van der Waals surface area contributed by atoms with Gasteiger partial charge in [0, 0.05) is 5.56 Å². The standard InChI is InChI=1S/C12H14ClNOS/c13-10-6-9(12(14)16)4-5-11(10)15-7-8-2-1-3-8/h4-6,8H,1-3,7H2,(H2,14,16). The lowest BCUT2D eigenvalue weighted by Crippen LogP contribution is -2.19. The molecule has 4 heteroatoms. The van der Waals surface area contributed by atoms with Crippen LogP contribution in [0.3, 0.4) is 0 Å². The van der Waals surface area contributed by atoms with Crippen LogP contribution >= 0.6 is 23.8 Å². The van der Waals surface area contributed by atoms with Gasteiger partial charge in [-0.25, -0.2) is 0 Å². The lowest BCUT2D eigenvalue weighted by Gasteiger charge is -2.25. The van der Waals surface area contributed by atoms with E-state index in [0.717, 1.165) is 12.2 Å². The van der Waals surface area contributed by atoms with E-state index < -0.39 is 0 Å². The molecular formula is C12H14ClNOS. The normalized spacial score (nSPS) is 15.6. The molecule has 0 bridgehead atoms. The topological polar surface area (TPSA) is 35.2 Å². The van der Waals surface area contributed by atoms with Gasteiger partial charge in [0.15, 0.2) is 0 Å². The fourth-order valence-corrected chi connectivity index (χ4v) is 2.00. The lowest BCUT2D eigenvalue weighted by molar-refractivity contribution is 0.180. The van der Waals surface area contributed by atoms with E-state index >= 15 is 0 Å². The van der Waals surface area contributed by atoms with E-state index in [1.54, 1.807) is 6.07 Å². The van der Waals surface area contributed by atoms with Gasteiger partial charge in [0.05, 0.1) is 11.6 Å². The zero-order chi connectivity index (χ0) is 11.5. The predicted molar refractivity (Wildman–Crippen MR) is 70.2 cm³/mol. The maximum atomic E-state index is 6.08. The van der Waals surface area contributed by atoms with Crippen LogP contribution in [-0.2, 0) is 0 Å². The van der Waals surface area contributed by atoms with Crippen LogP contribution in [0.25, 0.3) is 0 Å². The van der Waals surface area contributed by atoms with E-state index in [4.69, 9.17) is 34.3 Å². The molecule has 2 nitrogen and oxygen atoms in total. The van der Waals surface area contributed by atoms with Crippen molar-refractivity contribution < 1.29 is 4.74 Å². The molecule has 86 valence electrons. The number of halogens is 1. The molecular weight excluding hydrogens is 242 g/mol. The van der Waals surface area contributed by atoms with E-state index in [2.05, 4.69) is 0 Å². The molecule has 1 aliphatic carbocycles. The highest BCUT2D eigenvalue weighted by atomic mass is 35.5. The van der Waals surface area contributed by atoms with Crippen LogP contribution < -0.4 is 10.5 Å². The van der Waals surface area contributed by atoms with Crippen molar-refractivity contribution in [3.05, 3.63) is 28.8 Å². The Morgan fingerprint density at radius 3 is 2.75 bits per heavy atom. The maximum Gasteiger partial charge on any atom is 0.137 e. The molecule has 0 saturated heterocycles. The Labute approximate surface area is 106 Å². The van der Waals surface area contributed by atoms with E-state index in [0.29, 0.717) is 21.7 Å². The monoisotopic (exact) mass is 255 g/mol. The minimum atomic E-state index is 0.354. The predicted octanol–water partition coefficient (Wildman–Crippen LogP) is 3.15. The van der Waals surface area contributed by atoms with Crippen molar-refractivity contribution in [2.45, 2.75) is 19.3 Å². The third-order valence-corrected chi connectivity index (χ3v) is 3.45. The SMILES string of the molecule is NC(=S)c1ccc(OCC2CCC2)c(Cl)c1. The largest absolute Gasteiger partial charge is 0.492 e. The zero-order valence-corrected chi connectivity index (χ0v) is 10.5. The van der Waals surface area contributed by atoms with E-state index in [1.807, 2.05) is 12.1 Å². The number of thiocarbonyl (C=S) groups is 1. The van der Waals surface area contributed by atoms with Crippen molar-refractivity contribution in [3.63, 3.8) is 0 Å². The highest BCUT2D eigenvalue weighted by Crippen LogP contribution is 2.30. The molecule has 0 amide bonds.